The Balaban J connectivity index is 2.68. The van der Waals surface area contributed by atoms with E-state index in [0.717, 1.165) is 16.7 Å². The first-order valence-electron chi connectivity index (χ1n) is 5.53. The van der Waals surface area contributed by atoms with E-state index >= 15 is 0 Å². The number of rotatable bonds is 2. The summed E-state index contributed by atoms with van der Waals surface area (Å²) >= 11 is 0. The number of carbonyl (C=O) groups excluding carboxylic acids is 1. The molecule has 0 aliphatic rings. The number of nitrogens with zero attached hydrogens (tertiary/aromatic N) is 1. The highest BCUT2D eigenvalue weighted by Crippen LogP contribution is 2.30. The lowest BCUT2D eigenvalue weighted by atomic mass is 9.96. The number of esters is 1. The van der Waals surface area contributed by atoms with Crippen molar-refractivity contribution in [1.29, 1.82) is 0 Å². The molecule has 0 atom stereocenters. The first kappa shape index (κ1) is 12.1. The Bertz CT molecular complexity index is 580. The number of methoxy groups -OCH3 is 1. The zero-order valence-corrected chi connectivity index (χ0v) is 10.3. The normalized spacial score (nSPS) is 10.1. The van der Waals surface area contributed by atoms with Gasteiger partial charge in [0.05, 0.1) is 12.7 Å². The fourth-order valence-corrected chi connectivity index (χ4v) is 1.82. The minimum Gasteiger partial charge on any atom is -0.465 e. The number of hydrogen-bond acceptors (Lipinski definition) is 4. The van der Waals surface area contributed by atoms with Crippen molar-refractivity contribution >= 4 is 11.7 Å². The van der Waals surface area contributed by atoms with Crippen molar-refractivity contribution in [2.24, 2.45) is 0 Å². The molecule has 0 unspecified atom stereocenters. The molecule has 1 aromatic heterocycles. The van der Waals surface area contributed by atoms with Crippen molar-refractivity contribution in [3.63, 3.8) is 0 Å². The van der Waals surface area contributed by atoms with Gasteiger partial charge in [0.15, 0.2) is 0 Å². The molecule has 0 spiro atoms. The van der Waals surface area contributed by atoms with Gasteiger partial charge in [0.25, 0.3) is 0 Å². The van der Waals surface area contributed by atoms with E-state index in [9.17, 15) is 4.79 Å². The van der Waals surface area contributed by atoms with Gasteiger partial charge >= 0.3 is 5.97 Å². The van der Waals surface area contributed by atoms with Gasteiger partial charge in [0.2, 0.25) is 0 Å². The summed E-state index contributed by atoms with van der Waals surface area (Å²) < 4.78 is 4.80. The second kappa shape index (κ2) is 4.87. The molecule has 4 nitrogen and oxygen atoms in total. The van der Waals surface area contributed by atoms with Crippen LogP contribution in [0.2, 0.25) is 0 Å². The molecule has 0 bridgehead atoms. The molecule has 0 amide bonds. The molecule has 0 radical (unpaired) electrons. The fraction of sp³-hybridized carbons (Fsp3) is 0.143. The topological polar surface area (TPSA) is 65.2 Å². The van der Waals surface area contributed by atoms with E-state index < -0.39 is 5.97 Å². The van der Waals surface area contributed by atoms with Gasteiger partial charge in [-0.15, -0.1) is 0 Å². The highest BCUT2D eigenvalue weighted by molar-refractivity contribution is 6.03. The van der Waals surface area contributed by atoms with Crippen LogP contribution in [0.3, 0.4) is 0 Å². The van der Waals surface area contributed by atoms with Crippen LogP contribution in [0.25, 0.3) is 11.1 Å². The van der Waals surface area contributed by atoms with Gasteiger partial charge in [-0.25, -0.2) is 4.79 Å². The molecule has 0 aliphatic heterocycles. The molecule has 1 heterocycles. The summed E-state index contributed by atoms with van der Waals surface area (Å²) in [5.74, 6) is -0.428. The first-order chi connectivity index (χ1) is 8.65. The lowest BCUT2D eigenvalue weighted by Crippen LogP contribution is -2.09. The average molecular weight is 242 g/mol. The third kappa shape index (κ3) is 2.05. The summed E-state index contributed by atoms with van der Waals surface area (Å²) in [7, 11) is 1.35. The van der Waals surface area contributed by atoms with Crippen LogP contribution in [0.4, 0.5) is 5.69 Å². The Morgan fingerprint density at radius 1 is 1.22 bits per heavy atom. The SMILES string of the molecule is COC(=O)c1c(-c2ccncc2)ccc(C)c1N. The largest absolute Gasteiger partial charge is 0.465 e. The number of benzene rings is 1. The third-order valence-electron chi connectivity index (χ3n) is 2.84. The molecule has 0 saturated carbocycles. The molecule has 0 fully saturated rings. The van der Waals surface area contributed by atoms with Crippen LogP contribution in [0.15, 0.2) is 36.7 Å². The predicted molar refractivity (Wildman–Crippen MR) is 70.2 cm³/mol. The van der Waals surface area contributed by atoms with E-state index in [4.69, 9.17) is 10.5 Å². The van der Waals surface area contributed by atoms with Gasteiger partial charge in [-0.2, -0.15) is 0 Å². The van der Waals surface area contributed by atoms with E-state index in [-0.39, 0.29) is 0 Å². The van der Waals surface area contributed by atoms with Gasteiger partial charge in [-0.1, -0.05) is 12.1 Å². The van der Waals surface area contributed by atoms with Gasteiger partial charge in [-0.3, -0.25) is 4.98 Å². The lowest BCUT2D eigenvalue weighted by Gasteiger charge is -2.12. The lowest BCUT2D eigenvalue weighted by molar-refractivity contribution is 0.0602. The Kier molecular flexibility index (Phi) is 3.28. The number of ether oxygens (including phenoxy) is 1. The van der Waals surface area contributed by atoms with Crippen molar-refractivity contribution in [2.45, 2.75) is 6.92 Å². The van der Waals surface area contributed by atoms with E-state index in [0.29, 0.717) is 11.3 Å². The smallest absolute Gasteiger partial charge is 0.340 e. The molecule has 2 rings (SSSR count). The molecule has 0 saturated heterocycles. The number of carbonyl (C=O) groups is 1. The minimum atomic E-state index is -0.428. The van der Waals surface area contributed by atoms with E-state index in [2.05, 4.69) is 4.98 Å². The molecule has 18 heavy (non-hydrogen) atoms. The van der Waals surface area contributed by atoms with Crippen molar-refractivity contribution in [2.75, 3.05) is 12.8 Å². The fourth-order valence-electron chi connectivity index (χ4n) is 1.82. The maximum atomic E-state index is 11.9. The summed E-state index contributed by atoms with van der Waals surface area (Å²) in [5.41, 5.74) is 9.34. The zero-order chi connectivity index (χ0) is 13.1. The zero-order valence-electron chi connectivity index (χ0n) is 10.3. The average Bonchev–Trinajstić information content (AvgIpc) is 2.42. The second-order valence-corrected chi connectivity index (χ2v) is 3.95. The Hall–Kier alpha value is -2.36. The molecule has 2 N–H and O–H groups in total. The van der Waals surface area contributed by atoms with Crippen molar-refractivity contribution in [3.05, 3.63) is 47.8 Å². The van der Waals surface area contributed by atoms with Crippen molar-refractivity contribution in [3.8, 4) is 11.1 Å². The number of hydrogen-bond donors (Lipinski definition) is 1. The monoisotopic (exact) mass is 242 g/mol. The minimum absolute atomic E-state index is 0.406. The Morgan fingerprint density at radius 2 is 1.89 bits per heavy atom. The number of aromatic nitrogens is 1. The van der Waals surface area contributed by atoms with Gasteiger partial charge in [0, 0.05) is 18.1 Å². The molecule has 4 heteroatoms. The molecule has 1 aromatic carbocycles. The van der Waals surface area contributed by atoms with Crippen LogP contribution in [-0.4, -0.2) is 18.1 Å². The summed E-state index contributed by atoms with van der Waals surface area (Å²) in [6, 6.07) is 7.41. The first-order valence-corrected chi connectivity index (χ1v) is 5.53. The molecular weight excluding hydrogens is 228 g/mol. The highest BCUT2D eigenvalue weighted by atomic mass is 16.5. The van der Waals surface area contributed by atoms with Crippen molar-refractivity contribution in [1.82, 2.24) is 4.98 Å². The van der Waals surface area contributed by atoms with E-state index in [1.54, 1.807) is 12.4 Å². The predicted octanol–water partition coefficient (Wildman–Crippen LogP) is 2.43. The molecule has 0 aliphatic carbocycles. The van der Waals surface area contributed by atoms with Crippen LogP contribution in [0.5, 0.6) is 0 Å². The summed E-state index contributed by atoms with van der Waals surface area (Å²) in [6.07, 6.45) is 3.35. The summed E-state index contributed by atoms with van der Waals surface area (Å²) in [6.45, 7) is 1.86. The second-order valence-electron chi connectivity index (χ2n) is 3.95. The van der Waals surface area contributed by atoms with E-state index in [1.165, 1.54) is 7.11 Å². The molecule has 92 valence electrons. The number of nitrogens with two attached hydrogens (primary N) is 1. The van der Waals surface area contributed by atoms with Gasteiger partial charge in [0.1, 0.15) is 0 Å². The van der Waals surface area contributed by atoms with Crippen LogP contribution < -0.4 is 5.73 Å². The quantitative estimate of drug-likeness (QED) is 0.648. The maximum absolute atomic E-state index is 11.9. The Labute approximate surface area is 105 Å². The standard InChI is InChI=1S/C14H14N2O2/c1-9-3-4-11(10-5-7-16-8-6-10)12(13(9)15)14(17)18-2/h3-8H,15H2,1-2H3. The number of nitrogen functional groups attached to an aromatic ring is 1. The van der Waals surface area contributed by atoms with Gasteiger partial charge < -0.3 is 10.5 Å². The highest BCUT2D eigenvalue weighted by Gasteiger charge is 2.18. The van der Waals surface area contributed by atoms with Crippen LogP contribution in [0, 0.1) is 6.92 Å². The summed E-state index contributed by atoms with van der Waals surface area (Å²) in [5, 5.41) is 0. The molecular formula is C14H14N2O2. The van der Waals surface area contributed by atoms with E-state index in [1.807, 2.05) is 31.2 Å². The Morgan fingerprint density at radius 3 is 2.50 bits per heavy atom. The van der Waals surface area contributed by atoms with Crippen LogP contribution >= 0.6 is 0 Å². The van der Waals surface area contributed by atoms with Crippen LogP contribution in [0.1, 0.15) is 15.9 Å². The van der Waals surface area contributed by atoms with Crippen LogP contribution in [-0.2, 0) is 4.74 Å². The van der Waals surface area contributed by atoms with Gasteiger partial charge in [-0.05, 0) is 35.7 Å². The third-order valence-corrected chi connectivity index (χ3v) is 2.84. The number of anilines is 1. The van der Waals surface area contributed by atoms with Crippen molar-refractivity contribution < 1.29 is 9.53 Å². The number of aryl methyl sites for hydroxylation is 1. The summed E-state index contributed by atoms with van der Waals surface area (Å²) in [4.78, 5) is 15.8. The maximum Gasteiger partial charge on any atom is 0.340 e. The number of pyridine rings is 1. The molecule has 2 aromatic rings.